The van der Waals surface area contributed by atoms with Crippen LogP contribution in [0.2, 0.25) is 0 Å². The molecule has 1 aliphatic heterocycles. The van der Waals surface area contributed by atoms with Gasteiger partial charge in [-0.3, -0.25) is 14.4 Å². The van der Waals surface area contributed by atoms with Crippen LogP contribution in [-0.2, 0) is 20.8 Å². The zero-order chi connectivity index (χ0) is 21.3. The van der Waals surface area contributed by atoms with Crippen molar-refractivity contribution in [3.05, 3.63) is 66.0 Å². The molecule has 0 aromatic heterocycles. The molecule has 0 saturated carbocycles. The molecule has 0 bridgehead atoms. The highest BCUT2D eigenvalue weighted by molar-refractivity contribution is 5.91. The minimum absolute atomic E-state index is 0.0267. The normalized spacial score (nSPS) is 14.2. The van der Waals surface area contributed by atoms with Crippen LogP contribution in [0.4, 0.5) is 10.1 Å². The number of halogens is 1. The molecule has 2 aromatic rings. The van der Waals surface area contributed by atoms with Gasteiger partial charge in [-0.05, 0) is 23.8 Å². The lowest BCUT2D eigenvalue weighted by Crippen LogP contribution is -3.15. The van der Waals surface area contributed by atoms with Gasteiger partial charge in [0.15, 0.2) is 6.54 Å². The fraction of sp³-hybridized carbons (Fsp3) is 0.318. The van der Waals surface area contributed by atoms with E-state index >= 15 is 0 Å². The number of carbonyl (C=O) groups is 3. The summed E-state index contributed by atoms with van der Waals surface area (Å²) in [6.07, 6.45) is 0.243. The molecule has 1 heterocycles. The van der Waals surface area contributed by atoms with Gasteiger partial charge in [-0.2, -0.15) is 0 Å². The first kappa shape index (κ1) is 21.4. The molecule has 3 amide bonds. The van der Waals surface area contributed by atoms with Gasteiger partial charge in [0.2, 0.25) is 11.8 Å². The molecule has 1 saturated heterocycles. The van der Waals surface area contributed by atoms with Gasteiger partial charge in [0.1, 0.15) is 5.82 Å². The second kappa shape index (κ2) is 10.5. The number of piperazine rings is 1. The fourth-order valence-corrected chi connectivity index (χ4v) is 3.38. The first-order valence-electron chi connectivity index (χ1n) is 9.97. The van der Waals surface area contributed by atoms with Gasteiger partial charge in [-0.1, -0.05) is 36.4 Å². The fourth-order valence-electron chi connectivity index (χ4n) is 3.38. The molecule has 7 nitrogen and oxygen atoms in total. The Kier molecular flexibility index (Phi) is 7.51. The highest BCUT2D eigenvalue weighted by Gasteiger charge is 2.25. The molecule has 30 heavy (non-hydrogen) atoms. The van der Waals surface area contributed by atoms with Crippen molar-refractivity contribution in [3.8, 4) is 0 Å². The smallest absolute Gasteiger partial charge is 0.279 e. The molecule has 3 rings (SSSR count). The predicted molar refractivity (Wildman–Crippen MR) is 110 cm³/mol. The molecule has 0 aliphatic carbocycles. The predicted octanol–water partition coefficient (Wildman–Crippen LogP) is -0.150. The number of hydrogen-bond acceptors (Lipinski definition) is 3. The van der Waals surface area contributed by atoms with Crippen LogP contribution in [0.25, 0.3) is 0 Å². The van der Waals surface area contributed by atoms with E-state index < -0.39 is 5.82 Å². The Morgan fingerprint density at radius 1 is 0.967 bits per heavy atom. The second-order valence-corrected chi connectivity index (χ2v) is 7.31. The van der Waals surface area contributed by atoms with Crippen LogP contribution < -0.4 is 15.5 Å². The number of benzene rings is 2. The number of carbonyl (C=O) groups excluding carboxylic acids is 3. The highest BCUT2D eigenvalue weighted by Crippen LogP contribution is 2.08. The Morgan fingerprint density at radius 3 is 2.40 bits per heavy atom. The molecule has 1 fully saturated rings. The monoisotopic (exact) mass is 413 g/mol. The van der Waals surface area contributed by atoms with Gasteiger partial charge in [0.05, 0.1) is 39.1 Å². The lowest BCUT2D eigenvalue weighted by molar-refractivity contribution is -0.895. The Bertz CT molecular complexity index is 883. The molecule has 3 N–H and O–H groups in total. The number of nitrogens with one attached hydrogen (secondary N) is 3. The molecule has 0 spiro atoms. The van der Waals surface area contributed by atoms with E-state index in [-0.39, 0.29) is 37.2 Å². The maximum atomic E-state index is 13.2. The maximum Gasteiger partial charge on any atom is 0.279 e. The zero-order valence-electron chi connectivity index (χ0n) is 16.7. The number of nitrogens with zero attached hydrogens (tertiary/aromatic N) is 1. The van der Waals surface area contributed by atoms with E-state index in [1.54, 1.807) is 17.0 Å². The van der Waals surface area contributed by atoms with Crippen LogP contribution in [0.1, 0.15) is 5.56 Å². The van der Waals surface area contributed by atoms with E-state index in [1.807, 2.05) is 30.3 Å². The standard InChI is InChI=1S/C22H25FN4O3/c23-18-7-4-8-19(14-18)25-21(29)16-26-9-11-27(12-10-26)22(30)15-24-20(28)13-17-5-2-1-3-6-17/h1-8,14H,9-13,15-16H2,(H,24,28)(H,25,29)/p+1. The first-order valence-corrected chi connectivity index (χ1v) is 9.97. The summed E-state index contributed by atoms with van der Waals surface area (Å²) in [6.45, 7) is 2.56. The molecule has 0 atom stereocenters. The molecule has 0 radical (unpaired) electrons. The summed E-state index contributed by atoms with van der Waals surface area (Å²) >= 11 is 0. The number of hydrogen-bond donors (Lipinski definition) is 3. The molecular weight excluding hydrogens is 387 g/mol. The van der Waals surface area contributed by atoms with Gasteiger partial charge < -0.3 is 20.4 Å². The van der Waals surface area contributed by atoms with Crippen LogP contribution in [0.3, 0.4) is 0 Å². The maximum absolute atomic E-state index is 13.2. The van der Waals surface area contributed by atoms with Crippen molar-refractivity contribution in [1.82, 2.24) is 10.2 Å². The molecule has 158 valence electrons. The third-order valence-electron chi connectivity index (χ3n) is 4.99. The summed E-state index contributed by atoms with van der Waals surface area (Å²) in [5, 5.41) is 5.36. The van der Waals surface area contributed by atoms with Crippen molar-refractivity contribution in [1.29, 1.82) is 0 Å². The topological polar surface area (TPSA) is 83.0 Å². The van der Waals surface area contributed by atoms with Crippen LogP contribution in [0, 0.1) is 5.82 Å². The average molecular weight is 413 g/mol. The van der Waals surface area contributed by atoms with E-state index in [2.05, 4.69) is 10.6 Å². The van der Waals surface area contributed by atoms with Gasteiger partial charge in [-0.25, -0.2) is 4.39 Å². The largest absolute Gasteiger partial charge is 0.347 e. The Hall–Kier alpha value is -3.26. The first-order chi connectivity index (χ1) is 14.5. The highest BCUT2D eigenvalue weighted by atomic mass is 19.1. The van der Waals surface area contributed by atoms with Crippen molar-refractivity contribution in [2.45, 2.75) is 6.42 Å². The molecular formula is C22H26FN4O3+. The van der Waals surface area contributed by atoms with Crippen LogP contribution in [0.5, 0.6) is 0 Å². The van der Waals surface area contributed by atoms with Crippen molar-refractivity contribution in [2.75, 3.05) is 44.6 Å². The summed E-state index contributed by atoms with van der Waals surface area (Å²) in [6, 6.07) is 15.1. The minimum atomic E-state index is -0.400. The van der Waals surface area contributed by atoms with Crippen LogP contribution >= 0.6 is 0 Å². The quantitative estimate of drug-likeness (QED) is 0.591. The van der Waals surface area contributed by atoms with Crippen molar-refractivity contribution in [3.63, 3.8) is 0 Å². The minimum Gasteiger partial charge on any atom is -0.347 e. The lowest BCUT2D eigenvalue weighted by Gasteiger charge is -2.32. The SMILES string of the molecule is O=C(Cc1ccccc1)NCC(=O)N1CC[NH+](CC(=O)Nc2cccc(F)c2)CC1. The van der Waals surface area contributed by atoms with Crippen molar-refractivity contribution in [2.24, 2.45) is 0 Å². The lowest BCUT2D eigenvalue weighted by atomic mass is 10.1. The Balaban J connectivity index is 1.35. The molecule has 2 aromatic carbocycles. The van der Waals surface area contributed by atoms with Crippen molar-refractivity contribution >= 4 is 23.4 Å². The van der Waals surface area contributed by atoms with E-state index in [4.69, 9.17) is 0 Å². The van der Waals surface area contributed by atoms with Crippen molar-refractivity contribution < 1.29 is 23.7 Å². The van der Waals surface area contributed by atoms with E-state index in [0.29, 0.717) is 31.9 Å². The number of anilines is 1. The molecule has 8 heteroatoms. The third-order valence-corrected chi connectivity index (χ3v) is 4.99. The van der Waals surface area contributed by atoms with Gasteiger partial charge in [0, 0.05) is 5.69 Å². The van der Waals surface area contributed by atoms with Gasteiger partial charge >= 0.3 is 0 Å². The Morgan fingerprint density at radius 2 is 1.70 bits per heavy atom. The number of amides is 3. The summed E-state index contributed by atoms with van der Waals surface area (Å²) in [4.78, 5) is 39.2. The molecule has 0 unspecified atom stereocenters. The van der Waals surface area contributed by atoms with Gasteiger partial charge in [0.25, 0.3) is 5.91 Å². The summed E-state index contributed by atoms with van der Waals surface area (Å²) < 4.78 is 13.2. The number of rotatable bonds is 7. The molecule has 1 aliphatic rings. The average Bonchev–Trinajstić information content (AvgIpc) is 2.73. The summed E-state index contributed by atoms with van der Waals surface area (Å²) in [5.74, 6) is -0.904. The second-order valence-electron chi connectivity index (χ2n) is 7.31. The number of quaternary nitrogens is 1. The summed E-state index contributed by atoms with van der Waals surface area (Å²) in [5.41, 5.74) is 1.33. The summed E-state index contributed by atoms with van der Waals surface area (Å²) in [7, 11) is 0. The van der Waals surface area contributed by atoms with E-state index in [0.717, 1.165) is 10.5 Å². The van der Waals surface area contributed by atoms with E-state index in [9.17, 15) is 18.8 Å². The van der Waals surface area contributed by atoms with Gasteiger partial charge in [-0.15, -0.1) is 0 Å². The zero-order valence-corrected chi connectivity index (χ0v) is 16.7. The third kappa shape index (κ3) is 6.66. The van der Waals surface area contributed by atoms with Crippen LogP contribution in [-0.4, -0.2) is 61.9 Å². The van der Waals surface area contributed by atoms with Crippen LogP contribution in [0.15, 0.2) is 54.6 Å². The Labute approximate surface area is 174 Å². The van der Waals surface area contributed by atoms with E-state index in [1.165, 1.54) is 12.1 Å².